The molecule has 6 nitrogen and oxygen atoms in total. The molecule has 0 aliphatic carbocycles. The Hall–Kier alpha value is -2.32. The van der Waals surface area contributed by atoms with Gasteiger partial charge >= 0.3 is 5.97 Å². The predicted octanol–water partition coefficient (Wildman–Crippen LogP) is 4.17. The summed E-state index contributed by atoms with van der Waals surface area (Å²) in [5.41, 5.74) is 2.14. The van der Waals surface area contributed by atoms with Crippen LogP contribution in [0.15, 0.2) is 51.8 Å². The van der Waals surface area contributed by atoms with Crippen molar-refractivity contribution in [1.82, 2.24) is 5.32 Å². The number of esters is 1. The van der Waals surface area contributed by atoms with Gasteiger partial charge < -0.3 is 15.4 Å². The van der Waals surface area contributed by atoms with Gasteiger partial charge in [-0.1, -0.05) is 34.1 Å². The van der Waals surface area contributed by atoms with Gasteiger partial charge in [-0.15, -0.1) is 11.8 Å². The van der Waals surface area contributed by atoms with Crippen molar-refractivity contribution in [2.24, 2.45) is 0 Å². The third-order valence-electron chi connectivity index (χ3n) is 4.08. The van der Waals surface area contributed by atoms with Gasteiger partial charge in [-0.3, -0.25) is 14.4 Å². The Bertz CT molecular complexity index is 904. The molecule has 1 unspecified atom stereocenters. The minimum Gasteiger partial charge on any atom is -0.468 e. The zero-order chi connectivity index (χ0) is 21.4. The van der Waals surface area contributed by atoms with Gasteiger partial charge in [0.1, 0.15) is 5.25 Å². The zero-order valence-electron chi connectivity index (χ0n) is 16.5. The number of carbonyl (C=O) groups is 3. The lowest BCUT2D eigenvalue weighted by atomic mass is 10.2. The minimum absolute atomic E-state index is 0.144. The number of hydrogen-bond donors (Lipinski definition) is 2. The van der Waals surface area contributed by atoms with Gasteiger partial charge in [-0.05, 0) is 43.7 Å². The number of anilines is 1. The second-order valence-electron chi connectivity index (χ2n) is 6.29. The summed E-state index contributed by atoms with van der Waals surface area (Å²) in [5, 5.41) is 5.17. The van der Waals surface area contributed by atoms with E-state index in [0.717, 1.165) is 15.7 Å². The molecular weight excluding hydrogens is 456 g/mol. The van der Waals surface area contributed by atoms with Gasteiger partial charge in [0.05, 0.1) is 12.7 Å². The molecule has 8 heteroatoms. The Balaban J connectivity index is 1.91. The maximum absolute atomic E-state index is 12.5. The summed E-state index contributed by atoms with van der Waals surface area (Å²) < 4.78 is 5.61. The molecule has 2 rings (SSSR count). The van der Waals surface area contributed by atoms with Gasteiger partial charge in [0.2, 0.25) is 5.91 Å². The molecule has 0 aliphatic heterocycles. The van der Waals surface area contributed by atoms with Crippen LogP contribution in [-0.2, 0) is 14.3 Å². The molecule has 0 fully saturated rings. The molecule has 0 bridgehead atoms. The van der Waals surface area contributed by atoms with Gasteiger partial charge in [-0.25, -0.2) is 0 Å². The standard InChI is InChI=1S/C21H23BrN2O4S/c1-13-8-9-15(22)12-17(13)24-19(25)10-11-23-20(26)16-6-4-5-7-18(16)29-14(2)21(27)28-3/h4-9,12,14H,10-11H2,1-3H3,(H,23,26)(H,24,25). The van der Waals surface area contributed by atoms with E-state index in [4.69, 9.17) is 4.74 Å². The number of aryl methyl sites for hydroxylation is 1. The predicted molar refractivity (Wildman–Crippen MR) is 118 cm³/mol. The molecule has 0 aliphatic rings. The van der Waals surface area contributed by atoms with E-state index in [-0.39, 0.29) is 30.7 Å². The third kappa shape index (κ3) is 6.90. The fourth-order valence-electron chi connectivity index (χ4n) is 2.49. The molecule has 154 valence electrons. The first kappa shape index (κ1) is 23.0. The van der Waals surface area contributed by atoms with Crippen LogP contribution in [0.2, 0.25) is 0 Å². The van der Waals surface area contributed by atoms with Crippen molar-refractivity contribution in [2.45, 2.75) is 30.4 Å². The van der Waals surface area contributed by atoms with Crippen LogP contribution in [-0.4, -0.2) is 36.7 Å². The number of thioether (sulfide) groups is 1. The summed E-state index contributed by atoms with van der Waals surface area (Å²) in [7, 11) is 1.33. The Labute approximate surface area is 182 Å². The Morgan fingerprint density at radius 3 is 2.62 bits per heavy atom. The van der Waals surface area contributed by atoms with Crippen molar-refractivity contribution in [3.63, 3.8) is 0 Å². The van der Waals surface area contributed by atoms with E-state index >= 15 is 0 Å². The highest BCUT2D eigenvalue weighted by molar-refractivity contribution is 9.10. The van der Waals surface area contributed by atoms with Crippen molar-refractivity contribution in [2.75, 3.05) is 19.0 Å². The number of methoxy groups -OCH3 is 1. The number of carbonyl (C=O) groups excluding carboxylic acids is 3. The average molecular weight is 479 g/mol. The number of nitrogens with one attached hydrogen (secondary N) is 2. The molecule has 0 spiro atoms. The monoisotopic (exact) mass is 478 g/mol. The Morgan fingerprint density at radius 1 is 1.17 bits per heavy atom. The minimum atomic E-state index is -0.437. The molecule has 0 saturated carbocycles. The van der Waals surface area contributed by atoms with Crippen molar-refractivity contribution in [1.29, 1.82) is 0 Å². The van der Waals surface area contributed by atoms with Crippen LogP contribution in [0.4, 0.5) is 5.69 Å². The van der Waals surface area contributed by atoms with Crippen LogP contribution in [0.1, 0.15) is 29.3 Å². The van der Waals surface area contributed by atoms with E-state index in [1.54, 1.807) is 31.2 Å². The molecule has 2 N–H and O–H groups in total. The largest absolute Gasteiger partial charge is 0.468 e. The van der Waals surface area contributed by atoms with Crippen molar-refractivity contribution < 1.29 is 19.1 Å². The first-order valence-electron chi connectivity index (χ1n) is 8.99. The highest BCUT2D eigenvalue weighted by Crippen LogP contribution is 2.27. The SMILES string of the molecule is COC(=O)C(C)Sc1ccccc1C(=O)NCCC(=O)Nc1cc(Br)ccc1C. The van der Waals surface area contributed by atoms with E-state index in [2.05, 4.69) is 26.6 Å². The first-order chi connectivity index (χ1) is 13.8. The van der Waals surface area contributed by atoms with Crippen LogP contribution in [0.5, 0.6) is 0 Å². The fraction of sp³-hybridized carbons (Fsp3) is 0.286. The maximum atomic E-state index is 12.5. The number of ether oxygens (including phenoxy) is 1. The lowest BCUT2D eigenvalue weighted by Gasteiger charge is -2.13. The summed E-state index contributed by atoms with van der Waals surface area (Å²) in [4.78, 5) is 37.1. The van der Waals surface area contributed by atoms with Crippen LogP contribution in [0, 0.1) is 6.92 Å². The van der Waals surface area contributed by atoms with Gasteiger partial charge in [0, 0.05) is 28.0 Å². The maximum Gasteiger partial charge on any atom is 0.318 e. The molecule has 29 heavy (non-hydrogen) atoms. The van der Waals surface area contributed by atoms with E-state index in [9.17, 15) is 14.4 Å². The first-order valence-corrected chi connectivity index (χ1v) is 10.7. The number of rotatable bonds is 8. The number of hydrogen-bond acceptors (Lipinski definition) is 5. The summed E-state index contributed by atoms with van der Waals surface area (Å²) in [5.74, 6) is -0.838. The molecule has 0 aromatic heterocycles. The molecule has 1 atom stereocenters. The fourth-order valence-corrected chi connectivity index (χ4v) is 3.87. The molecule has 2 aromatic rings. The molecular formula is C21H23BrN2O4S. The van der Waals surface area contributed by atoms with E-state index in [1.165, 1.54) is 18.9 Å². The zero-order valence-corrected chi connectivity index (χ0v) is 18.9. The highest BCUT2D eigenvalue weighted by atomic mass is 79.9. The topological polar surface area (TPSA) is 84.5 Å². The quantitative estimate of drug-likeness (QED) is 0.439. The number of amides is 2. The smallest absolute Gasteiger partial charge is 0.318 e. The van der Waals surface area contributed by atoms with Crippen LogP contribution in [0.3, 0.4) is 0 Å². The molecule has 2 aromatic carbocycles. The van der Waals surface area contributed by atoms with Crippen LogP contribution >= 0.6 is 27.7 Å². The summed E-state index contributed by atoms with van der Waals surface area (Å²) in [6.45, 7) is 3.83. The summed E-state index contributed by atoms with van der Waals surface area (Å²) >= 11 is 4.64. The van der Waals surface area contributed by atoms with Crippen LogP contribution < -0.4 is 10.6 Å². The Morgan fingerprint density at radius 2 is 1.90 bits per heavy atom. The molecule has 0 radical (unpaired) electrons. The van der Waals surface area contributed by atoms with Crippen molar-refractivity contribution in [3.05, 3.63) is 58.1 Å². The highest BCUT2D eigenvalue weighted by Gasteiger charge is 2.19. The van der Waals surface area contributed by atoms with Crippen molar-refractivity contribution in [3.8, 4) is 0 Å². The normalized spacial score (nSPS) is 11.4. The number of benzene rings is 2. The van der Waals surface area contributed by atoms with Gasteiger partial charge in [0.25, 0.3) is 5.91 Å². The molecule has 0 saturated heterocycles. The van der Waals surface area contributed by atoms with Crippen LogP contribution in [0.25, 0.3) is 0 Å². The lowest BCUT2D eigenvalue weighted by Crippen LogP contribution is -2.28. The van der Waals surface area contributed by atoms with E-state index in [1.807, 2.05) is 25.1 Å². The van der Waals surface area contributed by atoms with Gasteiger partial charge in [-0.2, -0.15) is 0 Å². The molecule has 0 heterocycles. The lowest BCUT2D eigenvalue weighted by molar-refractivity contribution is -0.139. The second-order valence-corrected chi connectivity index (χ2v) is 8.59. The summed E-state index contributed by atoms with van der Waals surface area (Å²) in [6, 6.07) is 12.7. The summed E-state index contributed by atoms with van der Waals surface area (Å²) in [6.07, 6.45) is 0.144. The van der Waals surface area contributed by atoms with Crippen molar-refractivity contribution >= 4 is 51.2 Å². The third-order valence-corrected chi connectivity index (χ3v) is 5.73. The second kappa shape index (κ2) is 11.0. The Kier molecular flexibility index (Phi) is 8.72. The van der Waals surface area contributed by atoms with E-state index < -0.39 is 5.25 Å². The number of halogens is 1. The van der Waals surface area contributed by atoms with E-state index in [0.29, 0.717) is 10.5 Å². The average Bonchev–Trinajstić information content (AvgIpc) is 2.70. The van der Waals surface area contributed by atoms with Gasteiger partial charge in [0.15, 0.2) is 0 Å². The molecule has 2 amide bonds.